The molecule has 0 aliphatic rings. The van der Waals surface area contributed by atoms with Crippen molar-refractivity contribution in [3.05, 3.63) is 47.3 Å². The molecule has 2 rings (SSSR count). The Morgan fingerprint density at radius 3 is 2.32 bits per heavy atom. The molecule has 5 heteroatoms. The first kappa shape index (κ1) is 15.8. The molecule has 5 nitrogen and oxygen atoms in total. The number of benzene rings is 1. The van der Waals surface area contributed by atoms with Crippen molar-refractivity contribution >= 4 is 11.9 Å². The fourth-order valence-corrected chi connectivity index (χ4v) is 2.69. The minimum atomic E-state index is -1.05. The molecule has 0 amide bonds. The first-order chi connectivity index (χ1) is 10.5. The minimum Gasteiger partial charge on any atom is -0.478 e. The molecule has 0 radical (unpaired) electrons. The summed E-state index contributed by atoms with van der Waals surface area (Å²) in [7, 11) is 0. The van der Waals surface area contributed by atoms with Gasteiger partial charge < -0.3 is 14.4 Å². The fourth-order valence-electron chi connectivity index (χ4n) is 2.69. The topological polar surface area (TPSA) is 68.5 Å². The zero-order chi connectivity index (χ0) is 16.3. The normalized spacial score (nSPS) is 10.5. The van der Waals surface area contributed by atoms with Gasteiger partial charge in [0.2, 0.25) is 0 Å². The lowest BCUT2D eigenvalue weighted by Crippen LogP contribution is -2.13. The zero-order valence-corrected chi connectivity index (χ0v) is 12.9. The van der Waals surface area contributed by atoms with E-state index < -0.39 is 11.9 Å². The minimum absolute atomic E-state index is 0.149. The summed E-state index contributed by atoms with van der Waals surface area (Å²) < 4.78 is 6.83. The predicted molar refractivity (Wildman–Crippen MR) is 83.2 cm³/mol. The number of carboxylic acid groups (broad SMARTS) is 1. The van der Waals surface area contributed by atoms with Crippen LogP contribution in [-0.4, -0.2) is 28.2 Å². The smallest absolute Gasteiger partial charge is 0.355 e. The van der Waals surface area contributed by atoms with Crippen LogP contribution >= 0.6 is 0 Å². The van der Waals surface area contributed by atoms with Crippen LogP contribution in [0, 0.1) is 6.92 Å². The van der Waals surface area contributed by atoms with Crippen molar-refractivity contribution in [3.8, 4) is 11.1 Å². The highest BCUT2D eigenvalue weighted by atomic mass is 16.5. The Kier molecular flexibility index (Phi) is 4.65. The first-order valence-corrected chi connectivity index (χ1v) is 7.21. The third-order valence-corrected chi connectivity index (χ3v) is 3.58. The number of aromatic carboxylic acids is 1. The summed E-state index contributed by atoms with van der Waals surface area (Å²) in [6.07, 6.45) is 0. The highest BCUT2D eigenvalue weighted by Crippen LogP contribution is 2.33. The SMILES string of the molecule is CCOC(=O)c1c(-c2ccccc2)c(C(=O)O)c(C)n1CC. The van der Waals surface area contributed by atoms with Gasteiger partial charge in [0.25, 0.3) is 0 Å². The molecule has 0 unspecified atom stereocenters. The Hall–Kier alpha value is -2.56. The number of hydrogen-bond donors (Lipinski definition) is 1. The Bertz CT molecular complexity index is 701. The number of rotatable bonds is 5. The van der Waals surface area contributed by atoms with E-state index in [1.165, 1.54) is 0 Å². The summed E-state index contributed by atoms with van der Waals surface area (Å²) in [5.41, 5.74) is 2.11. The average Bonchev–Trinajstić information content (AvgIpc) is 2.81. The van der Waals surface area contributed by atoms with E-state index in [9.17, 15) is 14.7 Å². The van der Waals surface area contributed by atoms with Gasteiger partial charge >= 0.3 is 11.9 Å². The lowest BCUT2D eigenvalue weighted by molar-refractivity contribution is 0.0514. The summed E-state index contributed by atoms with van der Waals surface area (Å²) in [5, 5.41) is 9.59. The maximum atomic E-state index is 12.4. The standard InChI is InChI=1S/C17H19NO4/c1-4-18-11(3)13(16(19)20)14(12-9-7-6-8-10-12)15(18)17(21)22-5-2/h6-10H,4-5H2,1-3H3,(H,19,20). The van der Waals surface area contributed by atoms with Gasteiger partial charge in [-0.15, -0.1) is 0 Å². The molecule has 0 spiro atoms. The second kappa shape index (κ2) is 6.47. The average molecular weight is 301 g/mol. The van der Waals surface area contributed by atoms with Crippen molar-refractivity contribution in [3.63, 3.8) is 0 Å². The molecule has 22 heavy (non-hydrogen) atoms. The molecular weight excluding hydrogens is 282 g/mol. The lowest BCUT2D eigenvalue weighted by Gasteiger charge is -2.10. The first-order valence-electron chi connectivity index (χ1n) is 7.21. The molecule has 0 fully saturated rings. The molecule has 1 aromatic heterocycles. The summed E-state index contributed by atoms with van der Waals surface area (Å²) in [6.45, 7) is 6.04. The molecule has 0 saturated heterocycles. The number of aromatic nitrogens is 1. The van der Waals surface area contributed by atoms with Crippen LogP contribution in [0.2, 0.25) is 0 Å². The van der Waals surface area contributed by atoms with E-state index in [0.29, 0.717) is 29.1 Å². The van der Waals surface area contributed by atoms with Crippen molar-refractivity contribution in [1.82, 2.24) is 4.57 Å². The number of carboxylic acids is 1. The Morgan fingerprint density at radius 1 is 1.18 bits per heavy atom. The maximum absolute atomic E-state index is 12.4. The van der Waals surface area contributed by atoms with E-state index in [2.05, 4.69) is 0 Å². The second-order valence-corrected chi connectivity index (χ2v) is 4.82. The van der Waals surface area contributed by atoms with Gasteiger partial charge in [-0.3, -0.25) is 0 Å². The Balaban J connectivity index is 2.82. The zero-order valence-electron chi connectivity index (χ0n) is 12.9. The van der Waals surface area contributed by atoms with Crippen LogP contribution in [-0.2, 0) is 11.3 Å². The van der Waals surface area contributed by atoms with Gasteiger partial charge in [-0.1, -0.05) is 30.3 Å². The number of ether oxygens (including phenoxy) is 1. The third kappa shape index (κ3) is 2.62. The van der Waals surface area contributed by atoms with E-state index >= 15 is 0 Å². The van der Waals surface area contributed by atoms with Gasteiger partial charge in [0.1, 0.15) is 5.69 Å². The van der Waals surface area contributed by atoms with Gasteiger partial charge in [0.05, 0.1) is 12.2 Å². The number of carbonyl (C=O) groups excluding carboxylic acids is 1. The van der Waals surface area contributed by atoms with Crippen LogP contribution < -0.4 is 0 Å². The van der Waals surface area contributed by atoms with Crippen molar-refractivity contribution in [1.29, 1.82) is 0 Å². The van der Waals surface area contributed by atoms with Crippen molar-refractivity contribution in [2.45, 2.75) is 27.3 Å². The van der Waals surface area contributed by atoms with Crippen LogP contribution in [0.3, 0.4) is 0 Å². The maximum Gasteiger partial charge on any atom is 0.355 e. The van der Waals surface area contributed by atoms with Gasteiger partial charge in [-0.25, -0.2) is 9.59 Å². The Labute approximate surface area is 129 Å². The van der Waals surface area contributed by atoms with Crippen LogP contribution in [0.15, 0.2) is 30.3 Å². The van der Waals surface area contributed by atoms with Gasteiger partial charge in [0, 0.05) is 17.8 Å². The van der Waals surface area contributed by atoms with Gasteiger partial charge in [-0.05, 0) is 26.3 Å². The number of nitrogens with zero attached hydrogens (tertiary/aromatic N) is 1. The fraction of sp³-hybridized carbons (Fsp3) is 0.294. The summed E-state index contributed by atoms with van der Waals surface area (Å²) in [5.74, 6) is -1.55. The summed E-state index contributed by atoms with van der Waals surface area (Å²) >= 11 is 0. The summed E-state index contributed by atoms with van der Waals surface area (Å²) in [6, 6.07) is 9.06. The molecule has 0 aliphatic heterocycles. The number of esters is 1. The highest BCUT2D eigenvalue weighted by Gasteiger charge is 2.29. The van der Waals surface area contributed by atoms with E-state index in [1.54, 1.807) is 30.5 Å². The summed E-state index contributed by atoms with van der Waals surface area (Å²) in [4.78, 5) is 24.1. The van der Waals surface area contributed by atoms with E-state index in [1.807, 2.05) is 25.1 Å². The molecule has 1 aromatic carbocycles. The van der Waals surface area contributed by atoms with Gasteiger partial charge in [0.15, 0.2) is 0 Å². The number of hydrogen-bond acceptors (Lipinski definition) is 3. The molecule has 2 aromatic rings. The third-order valence-electron chi connectivity index (χ3n) is 3.58. The van der Waals surface area contributed by atoms with Crippen molar-refractivity contribution < 1.29 is 19.4 Å². The molecule has 1 N–H and O–H groups in total. The second-order valence-electron chi connectivity index (χ2n) is 4.82. The van der Waals surface area contributed by atoms with E-state index in [4.69, 9.17) is 4.74 Å². The number of carbonyl (C=O) groups is 2. The molecule has 0 atom stereocenters. The van der Waals surface area contributed by atoms with Crippen molar-refractivity contribution in [2.24, 2.45) is 0 Å². The Morgan fingerprint density at radius 2 is 1.82 bits per heavy atom. The van der Waals surface area contributed by atoms with Gasteiger partial charge in [-0.2, -0.15) is 0 Å². The molecule has 0 aliphatic carbocycles. The monoisotopic (exact) mass is 301 g/mol. The molecular formula is C17H19NO4. The highest BCUT2D eigenvalue weighted by molar-refractivity contribution is 6.06. The van der Waals surface area contributed by atoms with Crippen LogP contribution in [0.1, 0.15) is 40.4 Å². The largest absolute Gasteiger partial charge is 0.478 e. The molecule has 0 bridgehead atoms. The van der Waals surface area contributed by atoms with E-state index in [0.717, 1.165) is 0 Å². The predicted octanol–water partition coefficient (Wildman–Crippen LogP) is 3.36. The lowest BCUT2D eigenvalue weighted by atomic mass is 10.00. The molecule has 1 heterocycles. The van der Waals surface area contributed by atoms with Crippen molar-refractivity contribution in [2.75, 3.05) is 6.61 Å². The molecule has 116 valence electrons. The molecule has 0 saturated carbocycles. The van der Waals surface area contributed by atoms with Crippen LogP contribution in [0.5, 0.6) is 0 Å². The van der Waals surface area contributed by atoms with Crippen LogP contribution in [0.4, 0.5) is 0 Å². The quantitative estimate of drug-likeness (QED) is 0.860. The van der Waals surface area contributed by atoms with Crippen LogP contribution in [0.25, 0.3) is 11.1 Å². The van der Waals surface area contributed by atoms with E-state index in [-0.39, 0.29) is 12.2 Å².